The lowest BCUT2D eigenvalue weighted by molar-refractivity contribution is -0.274. The molecule has 0 spiro atoms. The van der Waals surface area contributed by atoms with E-state index in [1.807, 2.05) is 20.0 Å². The Kier molecular flexibility index (Phi) is 8.41. The largest absolute Gasteiger partial charge is 0.573 e. The van der Waals surface area contributed by atoms with Gasteiger partial charge in [-0.3, -0.25) is 14.7 Å². The van der Waals surface area contributed by atoms with Crippen LogP contribution in [0.3, 0.4) is 0 Å². The Morgan fingerprint density at radius 2 is 1.88 bits per heavy atom. The van der Waals surface area contributed by atoms with Gasteiger partial charge in [-0.25, -0.2) is 0 Å². The second kappa shape index (κ2) is 11.1. The van der Waals surface area contributed by atoms with Crippen molar-refractivity contribution in [1.82, 2.24) is 14.8 Å². The zero-order valence-electron chi connectivity index (χ0n) is 20.1. The maximum absolute atomic E-state index is 12.8. The summed E-state index contributed by atoms with van der Waals surface area (Å²) < 4.78 is 47.5. The van der Waals surface area contributed by atoms with Crippen molar-refractivity contribution in [3.63, 3.8) is 0 Å². The molecule has 1 aromatic heterocycles. The lowest BCUT2D eigenvalue weighted by atomic mass is 10.0. The first-order valence-corrected chi connectivity index (χ1v) is 11.4. The van der Waals surface area contributed by atoms with Crippen LogP contribution in [0, 0.1) is 13.8 Å². The molecule has 1 fully saturated rings. The van der Waals surface area contributed by atoms with E-state index in [0.29, 0.717) is 5.56 Å². The van der Waals surface area contributed by atoms with Gasteiger partial charge in [-0.05, 0) is 44.7 Å². The van der Waals surface area contributed by atoms with E-state index in [-0.39, 0.29) is 30.5 Å². The number of piperidine rings is 1. The molecule has 34 heavy (non-hydrogen) atoms. The number of methoxy groups -OCH3 is 1. The van der Waals surface area contributed by atoms with Crippen LogP contribution >= 0.6 is 0 Å². The fourth-order valence-electron chi connectivity index (χ4n) is 4.46. The molecule has 0 N–H and O–H groups in total. The van der Waals surface area contributed by atoms with Crippen LogP contribution in [0.4, 0.5) is 13.2 Å². The number of halogens is 3. The van der Waals surface area contributed by atoms with Gasteiger partial charge in [-0.1, -0.05) is 18.2 Å². The SMILES string of the molecule is COc1c(C)cnc(CN2CCC(N(C)C(=O)CCc3ccccc3OC(F)(F)F)CC2)c1C. The summed E-state index contributed by atoms with van der Waals surface area (Å²) in [6.07, 6.45) is -0.952. The van der Waals surface area contributed by atoms with Crippen molar-refractivity contribution in [2.24, 2.45) is 0 Å². The van der Waals surface area contributed by atoms with Crippen LogP contribution in [0.5, 0.6) is 11.5 Å². The summed E-state index contributed by atoms with van der Waals surface area (Å²) in [5, 5.41) is 0. The van der Waals surface area contributed by atoms with E-state index in [9.17, 15) is 18.0 Å². The summed E-state index contributed by atoms with van der Waals surface area (Å²) >= 11 is 0. The Labute approximate surface area is 198 Å². The van der Waals surface area contributed by atoms with Crippen molar-refractivity contribution in [3.05, 3.63) is 52.8 Å². The Morgan fingerprint density at radius 3 is 2.53 bits per heavy atom. The van der Waals surface area contributed by atoms with Gasteiger partial charge >= 0.3 is 6.36 Å². The van der Waals surface area contributed by atoms with Crippen molar-refractivity contribution in [2.45, 2.75) is 58.5 Å². The van der Waals surface area contributed by atoms with E-state index >= 15 is 0 Å². The first-order valence-electron chi connectivity index (χ1n) is 11.4. The lowest BCUT2D eigenvalue weighted by Crippen LogP contribution is -2.45. The van der Waals surface area contributed by atoms with Crippen molar-refractivity contribution in [2.75, 3.05) is 27.2 Å². The minimum atomic E-state index is -4.76. The molecule has 0 unspecified atom stereocenters. The highest BCUT2D eigenvalue weighted by atomic mass is 19.4. The van der Waals surface area contributed by atoms with Crippen molar-refractivity contribution >= 4 is 5.91 Å². The number of aromatic nitrogens is 1. The Balaban J connectivity index is 1.51. The van der Waals surface area contributed by atoms with E-state index in [1.165, 1.54) is 12.1 Å². The zero-order valence-corrected chi connectivity index (χ0v) is 20.1. The molecule has 9 heteroatoms. The molecule has 1 aliphatic heterocycles. The normalized spacial score (nSPS) is 15.3. The van der Waals surface area contributed by atoms with Gasteiger partial charge in [0.2, 0.25) is 5.91 Å². The number of hydrogen-bond acceptors (Lipinski definition) is 5. The number of ether oxygens (including phenoxy) is 2. The van der Waals surface area contributed by atoms with Gasteiger partial charge in [-0.15, -0.1) is 13.2 Å². The number of pyridine rings is 1. The standard InChI is InChI=1S/C25H32F3N3O3/c1-17-15-29-21(18(2)24(17)33-4)16-31-13-11-20(12-14-31)30(3)23(32)10-9-19-7-5-6-8-22(19)34-25(26,27)28/h5-8,15,20H,9-14,16H2,1-4H3. The third kappa shape index (κ3) is 6.62. The fraction of sp³-hybridized carbons (Fsp3) is 0.520. The molecule has 0 radical (unpaired) electrons. The minimum absolute atomic E-state index is 0.0824. The highest BCUT2D eigenvalue weighted by Gasteiger charge is 2.32. The summed E-state index contributed by atoms with van der Waals surface area (Å²) in [5.41, 5.74) is 3.42. The summed E-state index contributed by atoms with van der Waals surface area (Å²) in [4.78, 5) is 21.4. The van der Waals surface area contributed by atoms with Gasteiger partial charge in [0.1, 0.15) is 11.5 Å². The van der Waals surface area contributed by atoms with Gasteiger partial charge in [-0.2, -0.15) is 0 Å². The molecule has 186 valence electrons. The van der Waals surface area contributed by atoms with E-state index < -0.39 is 6.36 Å². The number of carbonyl (C=O) groups is 1. The predicted octanol–water partition coefficient (Wildman–Crippen LogP) is 4.66. The van der Waals surface area contributed by atoms with Gasteiger partial charge in [0.05, 0.1) is 12.8 Å². The van der Waals surface area contributed by atoms with Crippen LogP contribution in [0.15, 0.2) is 30.5 Å². The van der Waals surface area contributed by atoms with Crippen molar-refractivity contribution in [1.29, 1.82) is 0 Å². The quantitative estimate of drug-likeness (QED) is 0.551. The molecule has 1 amide bonds. The van der Waals surface area contributed by atoms with Crippen LogP contribution in [-0.4, -0.2) is 60.3 Å². The minimum Gasteiger partial charge on any atom is -0.496 e. The van der Waals surface area contributed by atoms with Gasteiger partial charge in [0.25, 0.3) is 0 Å². The second-order valence-electron chi connectivity index (χ2n) is 8.71. The molecule has 2 heterocycles. The Bertz CT molecular complexity index is 989. The number of hydrogen-bond donors (Lipinski definition) is 0. The fourth-order valence-corrected chi connectivity index (χ4v) is 4.46. The average molecular weight is 480 g/mol. The van der Waals surface area contributed by atoms with E-state index in [4.69, 9.17) is 4.74 Å². The maximum atomic E-state index is 12.8. The third-order valence-corrected chi connectivity index (χ3v) is 6.43. The molecule has 0 saturated carbocycles. The van der Waals surface area contributed by atoms with Crippen molar-refractivity contribution < 1.29 is 27.4 Å². The van der Waals surface area contributed by atoms with E-state index in [1.54, 1.807) is 31.2 Å². The van der Waals surface area contributed by atoms with Crippen LogP contribution < -0.4 is 9.47 Å². The molecule has 3 rings (SSSR count). The number of aryl methyl sites for hydroxylation is 2. The number of para-hydroxylation sites is 1. The average Bonchev–Trinajstić information content (AvgIpc) is 2.79. The summed E-state index contributed by atoms with van der Waals surface area (Å²) in [5.74, 6) is 0.531. The van der Waals surface area contributed by atoms with Crippen molar-refractivity contribution in [3.8, 4) is 11.5 Å². The summed E-state index contributed by atoms with van der Waals surface area (Å²) in [6.45, 7) is 6.39. The molecule has 0 bridgehead atoms. The molecule has 0 aliphatic carbocycles. The highest BCUT2D eigenvalue weighted by molar-refractivity contribution is 5.76. The number of nitrogens with zero attached hydrogens (tertiary/aromatic N) is 3. The first kappa shape index (κ1) is 25.8. The van der Waals surface area contributed by atoms with Crippen LogP contribution in [0.1, 0.15) is 41.6 Å². The predicted molar refractivity (Wildman–Crippen MR) is 123 cm³/mol. The number of carbonyl (C=O) groups excluding carboxylic acids is 1. The molecule has 1 aliphatic rings. The molecule has 6 nitrogen and oxygen atoms in total. The Morgan fingerprint density at radius 1 is 1.21 bits per heavy atom. The number of likely N-dealkylation sites (tertiary alicyclic amines) is 1. The summed E-state index contributed by atoms with van der Waals surface area (Å²) in [7, 11) is 3.44. The highest BCUT2D eigenvalue weighted by Crippen LogP contribution is 2.28. The lowest BCUT2D eigenvalue weighted by Gasteiger charge is -2.37. The molecule has 0 atom stereocenters. The first-order chi connectivity index (χ1) is 16.1. The molecular formula is C25H32F3N3O3. The van der Waals surface area contributed by atoms with Crippen LogP contribution in [0.25, 0.3) is 0 Å². The summed E-state index contributed by atoms with van der Waals surface area (Å²) in [6, 6.07) is 6.06. The number of amides is 1. The third-order valence-electron chi connectivity index (χ3n) is 6.43. The topological polar surface area (TPSA) is 54.9 Å². The smallest absolute Gasteiger partial charge is 0.496 e. The van der Waals surface area contributed by atoms with Gasteiger partial charge in [0.15, 0.2) is 0 Å². The van der Waals surface area contributed by atoms with Crippen LogP contribution in [0.2, 0.25) is 0 Å². The number of benzene rings is 1. The maximum Gasteiger partial charge on any atom is 0.573 e. The Hall–Kier alpha value is -2.81. The molecular weight excluding hydrogens is 447 g/mol. The van der Waals surface area contributed by atoms with E-state index in [0.717, 1.165) is 55.0 Å². The number of rotatable bonds is 8. The number of alkyl halides is 3. The van der Waals surface area contributed by atoms with E-state index in [2.05, 4.69) is 14.6 Å². The van der Waals surface area contributed by atoms with Gasteiger partial charge < -0.3 is 14.4 Å². The van der Waals surface area contributed by atoms with Gasteiger partial charge in [0, 0.05) is 56.5 Å². The second-order valence-corrected chi connectivity index (χ2v) is 8.71. The molecule has 2 aromatic rings. The zero-order chi connectivity index (χ0) is 24.9. The molecule has 1 aromatic carbocycles. The molecule has 1 saturated heterocycles. The monoisotopic (exact) mass is 479 g/mol. The van der Waals surface area contributed by atoms with Crippen LogP contribution in [-0.2, 0) is 17.8 Å².